The molecule has 0 aliphatic rings. The van der Waals surface area contributed by atoms with Crippen molar-refractivity contribution < 1.29 is 24.5 Å². The van der Waals surface area contributed by atoms with E-state index >= 15 is 0 Å². The number of hydrazone groups is 1. The molecule has 12 heteroatoms. The third-order valence-corrected chi connectivity index (χ3v) is 3.68. The van der Waals surface area contributed by atoms with Gasteiger partial charge < -0.3 is 9.84 Å². The average molecular weight is 439 g/mol. The van der Waals surface area contributed by atoms with Crippen LogP contribution < -0.4 is 10.2 Å². The number of ether oxygens (including phenoxy) is 1. The maximum Gasteiger partial charge on any atom is 0.277 e. The van der Waals surface area contributed by atoms with Crippen molar-refractivity contribution in [3.8, 4) is 11.5 Å². The molecule has 0 heterocycles. The third kappa shape index (κ3) is 5.47. The second kappa shape index (κ2) is 8.71. The van der Waals surface area contributed by atoms with E-state index in [1.165, 1.54) is 18.2 Å². The van der Waals surface area contributed by atoms with Crippen molar-refractivity contribution in [3.05, 3.63) is 66.7 Å². The molecule has 0 spiro atoms. The molecule has 1 amide bonds. The van der Waals surface area contributed by atoms with Gasteiger partial charge in [0, 0.05) is 23.8 Å². The van der Waals surface area contributed by atoms with Crippen LogP contribution in [0, 0.1) is 20.2 Å². The zero-order valence-electron chi connectivity index (χ0n) is 13.4. The predicted molar refractivity (Wildman–Crippen MR) is 96.8 cm³/mol. The van der Waals surface area contributed by atoms with E-state index in [2.05, 4.69) is 26.5 Å². The number of carbonyl (C=O) groups excluding carboxylic acids is 1. The van der Waals surface area contributed by atoms with Crippen LogP contribution in [0.4, 0.5) is 11.4 Å². The summed E-state index contributed by atoms with van der Waals surface area (Å²) in [5, 5.41) is 34.9. The Morgan fingerprint density at radius 3 is 2.59 bits per heavy atom. The van der Waals surface area contributed by atoms with Gasteiger partial charge in [0.2, 0.25) is 0 Å². The van der Waals surface area contributed by atoms with Crippen molar-refractivity contribution in [1.82, 2.24) is 5.43 Å². The number of nitro groups is 2. The van der Waals surface area contributed by atoms with Crippen LogP contribution in [0.25, 0.3) is 0 Å². The number of halogens is 1. The van der Waals surface area contributed by atoms with Gasteiger partial charge in [-0.15, -0.1) is 0 Å². The summed E-state index contributed by atoms with van der Waals surface area (Å²) >= 11 is 2.98. The highest BCUT2D eigenvalue weighted by atomic mass is 79.9. The van der Waals surface area contributed by atoms with Gasteiger partial charge in [-0.1, -0.05) is 6.07 Å². The summed E-state index contributed by atoms with van der Waals surface area (Å²) in [6.45, 7) is -0.469. The van der Waals surface area contributed by atoms with Crippen LogP contribution in [0.5, 0.6) is 11.5 Å². The molecule has 11 nitrogen and oxygen atoms in total. The van der Waals surface area contributed by atoms with Crippen LogP contribution in [0.3, 0.4) is 0 Å². The average Bonchev–Trinajstić information content (AvgIpc) is 2.63. The molecule has 27 heavy (non-hydrogen) atoms. The van der Waals surface area contributed by atoms with Gasteiger partial charge in [-0.25, -0.2) is 5.43 Å². The lowest BCUT2D eigenvalue weighted by atomic mass is 10.2. The van der Waals surface area contributed by atoms with Crippen LogP contribution in [-0.2, 0) is 4.79 Å². The summed E-state index contributed by atoms with van der Waals surface area (Å²) in [7, 11) is 0. The van der Waals surface area contributed by atoms with Gasteiger partial charge in [0.1, 0.15) is 11.5 Å². The summed E-state index contributed by atoms with van der Waals surface area (Å²) < 4.78 is 5.21. The molecule has 2 aromatic carbocycles. The molecule has 0 unspecified atom stereocenters. The highest BCUT2D eigenvalue weighted by molar-refractivity contribution is 9.10. The molecular weight excluding hydrogens is 428 g/mol. The lowest BCUT2D eigenvalue weighted by Crippen LogP contribution is -2.24. The Labute approximate surface area is 159 Å². The molecule has 0 saturated carbocycles. The Kier molecular flexibility index (Phi) is 6.38. The van der Waals surface area contributed by atoms with Gasteiger partial charge in [-0.3, -0.25) is 25.0 Å². The van der Waals surface area contributed by atoms with E-state index in [1.54, 1.807) is 0 Å². The third-order valence-electron chi connectivity index (χ3n) is 3.08. The number of hydrogen-bond acceptors (Lipinski definition) is 8. The number of nitro benzene ring substituents is 2. The Balaban J connectivity index is 1.97. The van der Waals surface area contributed by atoms with E-state index in [9.17, 15) is 30.1 Å². The zero-order valence-corrected chi connectivity index (χ0v) is 15.0. The minimum atomic E-state index is -0.679. The van der Waals surface area contributed by atoms with E-state index in [0.29, 0.717) is 0 Å². The molecule has 2 N–H and O–H groups in total. The SMILES string of the molecule is O=C(COc1cccc([N+](=O)[O-])c1)N/N=C/c1cc([N+](=O)[O-])cc(Br)c1O. The van der Waals surface area contributed by atoms with E-state index in [1.807, 2.05) is 0 Å². The van der Waals surface area contributed by atoms with E-state index in [-0.39, 0.29) is 32.9 Å². The minimum absolute atomic E-state index is 0.0102. The van der Waals surface area contributed by atoms with Crippen LogP contribution >= 0.6 is 15.9 Å². The van der Waals surface area contributed by atoms with E-state index in [4.69, 9.17) is 4.74 Å². The fourth-order valence-electron chi connectivity index (χ4n) is 1.85. The molecule has 2 rings (SSSR count). The van der Waals surface area contributed by atoms with Crippen LogP contribution in [0.15, 0.2) is 46.0 Å². The first kappa shape index (κ1) is 19.8. The van der Waals surface area contributed by atoms with Gasteiger partial charge >= 0.3 is 0 Å². The largest absolute Gasteiger partial charge is 0.506 e. The highest BCUT2D eigenvalue weighted by Crippen LogP contribution is 2.31. The van der Waals surface area contributed by atoms with Crippen molar-refractivity contribution in [1.29, 1.82) is 0 Å². The van der Waals surface area contributed by atoms with Gasteiger partial charge in [0.25, 0.3) is 17.3 Å². The summed E-state index contributed by atoms with van der Waals surface area (Å²) in [6.07, 6.45) is 1.03. The molecule has 0 aliphatic carbocycles. The number of hydrogen-bond donors (Lipinski definition) is 2. The molecular formula is C15H11BrN4O7. The first-order valence-electron chi connectivity index (χ1n) is 7.14. The maximum absolute atomic E-state index is 11.7. The van der Waals surface area contributed by atoms with E-state index in [0.717, 1.165) is 24.4 Å². The predicted octanol–water partition coefficient (Wildman–Crippen LogP) is 2.50. The van der Waals surface area contributed by atoms with Crippen molar-refractivity contribution in [2.24, 2.45) is 5.10 Å². The number of amides is 1. The number of benzene rings is 2. The van der Waals surface area contributed by atoms with Crippen molar-refractivity contribution in [2.45, 2.75) is 0 Å². The smallest absolute Gasteiger partial charge is 0.277 e. The molecule has 0 aromatic heterocycles. The van der Waals surface area contributed by atoms with E-state index < -0.39 is 22.4 Å². The first-order chi connectivity index (χ1) is 12.8. The number of aromatic hydroxyl groups is 1. The lowest BCUT2D eigenvalue weighted by molar-refractivity contribution is -0.385. The molecule has 0 aliphatic heterocycles. The monoisotopic (exact) mass is 438 g/mol. The fraction of sp³-hybridized carbons (Fsp3) is 0.0667. The second-order valence-electron chi connectivity index (χ2n) is 4.96. The standard InChI is InChI=1S/C15H11BrN4O7/c16-13-6-11(20(25)26)4-9(15(13)22)7-17-18-14(21)8-27-12-3-1-2-10(5-12)19(23)24/h1-7,22H,8H2,(H,18,21)/b17-7+. The van der Waals surface area contributed by atoms with Crippen molar-refractivity contribution >= 4 is 39.4 Å². The Morgan fingerprint density at radius 2 is 1.93 bits per heavy atom. The molecule has 140 valence electrons. The maximum atomic E-state index is 11.7. The summed E-state index contributed by atoms with van der Waals surface area (Å²) in [5.41, 5.74) is 1.66. The number of phenols is 1. The molecule has 0 fully saturated rings. The van der Waals surface area contributed by atoms with Crippen LogP contribution in [0.2, 0.25) is 0 Å². The van der Waals surface area contributed by atoms with Crippen molar-refractivity contribution in [3.63, 3.8) is 0 Å². The lowest BCUT2D eigenvalue weighted by Gasteiger charge is -2.05. The van der Waals surface area contributed by atoms with Gasteiger partial charge in [-0.05, 0) is 22.0 Å². The van der Waals surface area contributed by atoms with Gasteiger partial charge in [0.05, 0.1) is 26.6 Å². The van der Waals surface area contributed by atoms with Crippen LogP contribution in [0.1, 0.15) is 5.56 Å². The highest BCUT2D eigenvalue weighted by Gasteiger charge is 2.14. The Morgan fingerprint density at radius 1 is 1.22 bits per heavy atom. The molecule has 0 bridgehead atoms. The molecule has 0 atom stereocenters. The summed E-state index contributed by atoms with van der Waals surface area (Å²) in [4.78, 5) is 31.9. The second-order valence-corrected chi connectivity index (χ2v) is 5.81. The summed E-state index contributed by atoms with van der Waals surface area (Å²) in [5.74, 6) is -0.836. The summed E-state index contributed by atoms with van der Waals surface area (Å²) in [6, 6.07) is 7.50. The molecule has 2 aromatic rings. The number of non-ortho nitro benzene ring substituents is 2. The van der Waals surface area contributed by atoms with Gasteiger partial charge in [0.15, 0.2) is 6.61 Å². The fourth-order valence-corrected chi connectivity index (χ4v) is 2.31. The number of nitrogens with zero attached hydrogens (tertiary/aromatic N) is 3. The van der Waals surface area contributed by atoms with Crippen molar-refractivity contribution in [2.75, 3.05) is 6.61 Å². The first-order valence-corrected chi connectivity index (χ1v) is 7.93. The number of rotatable bonds is 7. The number of phenolic OH excluding ortho intramolecular Hbond substituents is 1. The van der Waals surface area contributed by atoms with Crippen LogP contribution in [-0.4, -0.2) is 33.7 Å². The Bertz CT molecular complexity index is 932. The number of carbonyl (C=O) groups is 1. The molecule has 0 radical (unpaired) electrons. The Hall–Kier alpha value is -3.54. The minimum Gasteiger partial charge on any atom is -0.506 e. The molecule has 0 saturated heterocycles. The zero-order chi connectivity index (χ0) is 20.0. The normalized spacial score (nSPS) is 10.6. The number of nitrogens with one attached hydrogen (secondary N) is 1. The quantitative estimate of drug-likeness (QED) is 0.381. The topological polar surface area (TPSA) is 157 Å². The van der Waals surface area contributed by atoms with Gasteiger partial charge in [-0.2, -0.15) is 5.10 Å².